The third kappa shape index (κ3) is 3.04. The number of ether oxygens (including phenoxy) is 2. The molecule has 0 radical (unpaired) electrons. The molecule has 0 aliphatic carbocycles. The van der Waals surface area contributed by atoms with Gasteiger partial charge in [0.2, 0.25) is 6.10 Å². The molecule has 1 heterocycles. The average molecular weight is 279 g/mol. The summed E-state index contributed by atoms with van der Waals surface area (Å²) >= 11 is 0. The zero-order valence-electron chi connectivity index (χ0n) is 12.0. The van der Waals surface area contributed by atoms with Crippen molar-refractivity contribution in [3.63, 3.8) is 0 Å². The van der Waals surface area contributed by atoms with Crippen molar-refractivity contribution < 1.29 is 19.4 Å². The smallest absolute Gasteiger partial charge is 0.265 e. The van der Waals surface area contributed by atoms with Gasteiger partial charge in [0.25, 0.3) is 5.91 Å². The van der Waals surface area contributed by atoms with Crippen molar-refractivity contribution in [2.24, 2.45) is 5.92 Å². The first kappa shape index (κ1) is 14.7. The Kier molecular flexibility index (Phi) is 4.49. The molecule has 0 saturated carbocycles. The number of aliphatic hydroxyl groups excluding tert-OH is 1. The second-order valence-electron chi connectivity index (χ2n) is 5.35. The van der Waals surface area contributed by atoms with E-state index in [-0.39, 0.29) is 30.6 Å². The van der Waals surface area contributed by atoms with E-state index in [2.05, 4.69) is 5.32 Å². The van der Waals surface area contributed by atoms with E-state index < -0.39 is 6.10 Å². The molecule has 2 N–H and O–H groups in total. The van der Waals surface area contributed by atoms with Crippen LogP contribution in [0.1, 0.15) is 20.8 Å². The molecule has 3 unspecified atom stereocenters. The molecule has 110 valence electrons. The zero-order valence-corrected chi connectivity index (χ0v) is 12.0. The third-order valence-electron chi connectivity index (χ3n) is 3.43. The Morgan fingerprint density at radius 1 is 1.30 bits per heavy atom. The summed E-state index contributed by atoms with van der Waals surface area (Å²) in [6, 6.07) is 6.99. The van der Waals surface area contributed by atoms with Crippen molar-refractivity contribution in [1.29, 1.82) is 0 Å². The van der Waals surface area contributed by atoms with E-state index in [1.165, 1.54) is 0 Å². The highest BCUT2D eigenvalue weighted by atomic mass is 16.6. The van der Waals surface area contributed by atoms with Crippen LogP contribution in [0.5, 0.6) is 11.5 Å². The van der Waals surface area contributed by atoms with Crippen LogP contribution in [0.3, 0.4) is 0 Å². The number of carbonyl (C=O) groups excluding carboxylic acids is 1. The quantitative estimate of drug-likeness (QED) is 0.873. The number of aliphatic hydroxyl groups is 1. The minimum Gasteiger partial charge on any atom is -0.482 e. The SMILES string of the molecule is CC(C)C(CO)NC(=O)C1Oc2ccccc2OC1C. The predicted octanol–water partition coefficient (Wildman–Crippen LogP) is 1.35. The summed E-state index contributed by atoms with van der Waals surface area (Å²) in [7, 11) is 0. The van der Waals surface area contributed by atoms with Gasteiger partial charge in [0.05, 0.1) is 12.6 Å². The Hall–Kier alpha value is -1.75. The Morgan fingerprint density at radius 3 is 2.45 bits per heavy atom. The lowest BCUT2D eigenvalue weighted by Gasteiger charge is -2.32. The molecule has 2 rings (SSSR count). The van der Waals surface area contributed by atoms with Gasteiger partial charge in [-0.05, 0) is 25.0 Å². The maximum Gasteiger partial charge on any atom is 0.265 e. The number of fused-ring (bicyclic) bond motifs is 1. The molecule has 1 aliphatic rings. The van der Waals surface area contributed by atoms with E-state index in [1.54, 1.807) is 13.0 Å². The summed E-state index contributed by atoms with van der Waals surface area (Å²) in [5, 5.41) is 12.1. The first-order valence-electron chi connectivity index (χ1n) is 6.86. The van der Waals surface area contributed by atoms with Gasteiger partial charge in [-0.25, -0.2) is 0 Å². The highest BCUT2D eigenvalue weighted by Crippen LogP contribution is 2.33. The first-order chi connectivity index (χ1) is 9.52. The Bertz CT molecular complexity index is 475. The molecule has 1 aliphatic heterocycles. The van der Waals surface area contributed by atoms with E-state index in [1.807, 2.05) is 32.0 Å². The van der Waals surface area contributed by atoms with Gasteiger partial charge >= 0.3 is 0 Å². The van der Waals surface area contributed by atoms with Crippen molar-refractivity contribution in [2.45, 2.75) is 39.0 Å². The number of benzene rings is 1. The molecular formula is C15H21NO4. The van der Waals surface area contributed by atoms with Gasteiger partial charge in [0, 0.05) is 0 Å². The molecule has 1 aromatic carbocycles. The van der Waals surface area contributed by atoms with Crippen molar-refractivity contribution in [3.05, 3.63) is 24.3 Å². The molecule has 0 spiro atoms. The Balaban J connectivity index is 2.08. The van der Waals surface area contributed by atoms with E-state index in [9.17, 15) is 9.90 Å². The molecule has 5 heteroatoms. The summed E-state index contributed by atoms with van der Waals surface area (Å²) in [4.78, 5) is 12.3. The lowest BCUT2D eigenvalue weighted by molar-refractivity contribution is -0.134. The number of para-hydroxylation sites is 2. The van der Waals surface area contributed by atoms with Crippen molar-refractivity contribution in [1.82, 2.24) is 5.32 Å². The molecule has 0 saturated heterocycles. The summed E-state index contributed by atoms with van der Waals surface area (Å²) in [6.07, 6.45) is -1.09. The van der Waals surface area contributed by atoms with Gasteiger partial charge in [-0.15, -0.1) is 0 Å². The fourth-order valence-electron chi connectivity index (χ4n) is 2.09. The van der Waals surface area contributed by atoms with Crippen LogP contribution in [0.15, 0.2) is 24.3 Å². The van der Waals surface area contributed by atoms with Gasteiger partial charge in [-0.2, -0.15) is 0 Å². The highest BCUT2D eigenvalue weighted by molar-refractivity contribution is 5.82. The molecule has 0 fully saturated rings. The van der Waals surface area contributed by atoms with Gasteiger partial charge in [-0.3, -0.25) is 4.79 Å². The minimum absolute atomic E-state index is 0.0953. The summed E-state index contributed by atoms with van der Waals surface area (Å²) in [6.45, 7) is 5.59. The Labute approximate surface area is 118 Å². The lowest BCUT2D eigenvalue weighted by atomic mass is 10.0. The molecule has 20 heavy (non-hydrogen) atoms. The first-order valence-corrected chi connectivity index (χ1v) is 6.86. The minimum atomic E-state index is -0.710. The molecule has 0 aromatic heterocycles. The fraction of sp³-hybridized carbons (Fsp3) is 0.533. The van der Waals surface area contributed by atoms with E-state index in [0.29, 0.717) is 11.5 Å². The van der Waals surface area contributed by atoms with Gasteiger partial charge < -0.3 is 19.9 Å². The van der Waals surface area contributed by atoms with Crippen LogP contribution in [0.2, 0.25) is 0 Å². The molecule has 1 aromatic rings. The molecular weight excluding hydrogens is 258 g/mol. The normalized spacial score (nSPS) is 22.4. The maximum absolute atomic E-state index is 12.3. The number of hydrogen-bond donors (Lipinski definition) is 2. The predicted molar refractivity (Wildman–Crippen MR) is 74.8 cm³/mol. The standard InChI is InChI=1S/C15H21NO4/c1-9(2)11(8-17)16-15(18)14-10(3)19-12-6-4-5-7-13(12)20-14/h4-7,9-11,14,17H,8H2,1-3H3,(H,16,18). The average Bonchev–Trinajstić information content (AvgIpc) is 2.43. The number of hydrogen-bond acceptors (Lipinski definition) is 4. The number of rotatable bonds is 4. The summed E-state index contributed by atoms with van der Waals surface area (Å²) in [5.41, 5.74) is 0. The second-order valence-corrected chi connectivity index (χ2v) is 5.35. The monoisotopic (exact) mass is 279 g/mol. The van der Waals surface area contributed by atoms with E-state index in [4.69, 9.17) is 9.47 Å². The lowest BCUT2D eigenvalue weighted by Crippen LogP contribution is -2.53. The van der Waals surface area contributed by atoms with Crippen molar-refractivity contribution in [3.8, 4) is 11.5 Å². The maximum atomic E-state index is 12.3. The molecule has 0 bridgehead atoms. The largest absolute Gasteiger partial charge is 0.482 e. The van der Waals surface area contributed by atoms with Gasteiger partial charge in [-0.1, -0.05) is 26.0 Å². The highest BCUT2D eigenvalue weighted by Gasteiger charge is 2.35. The van der Waals surface area contributed by atoms with Crippen LogP contribution in [-0.2, 0) is 4.79 Å². The zero-order chi connectivity index (χ0) is 14.7. The molecule has 1 amide bonds. The van der Waals surface area contributed by atoms with Crippen LogP contribution in [-0.4, -0.2) is 35.9 Å². The van der Waals surface area contributed by atoms with Gasteiger partial charge in [0.15, 0.2) is 11.5 Å². The topological polar surface area (TPSA) is 67.8 Å². The summed E-state index contributed by atoms with van der Waals surface area (Å²) < 4.78 is 11.4. The van der Waals surface area contributed by atoms with E-state index >= 15 is 0 Å². The second kappa shape index (κ2) is 6.13. The van der Waals surface area contributed by atoms with Crippen LogP contribution in [0.25, 0.3) is 0 Å². The van der Waals surface area contributed by atoms with Gasteiger partial charge in [0.1, 0.15) is 6.10 Å². The van der Waals surface area contributed by atoms with Crippen LogP contribution in [0, 0.1) is 5.92 Å². The van der Waals surface area contributed by atoms with Crippen LogP contribution >= 0.6 is 0 Å². The van der Waals surface area contributed by atoms with E-state index in [0.717, 1.165) is 0 Å². The van der Waals surface area contributed by atoms with Crippen LogP contribution in [0.4, 0.5) is 0 Å². The Morgan fingerprint density at radius 2 is 1.90 bits per heavy atom. The van der Waals surface area contributed by atoms with Crippen LogP contribution < -0.4 is 14.8 Å². The number of amides is 1. The number of carbonyl (C=O) groups is 1. The molecule has 3 atom stereocenters. The van der Waals surface area contributed by atoms with Crippen molar-refractivity contribution >= 4 is 5.91 Å². The summed E-state index contributed by atoms with van der Waals surface area (Å²) in [5.74, 6) is 1.10. The third-order valence-corrected chi connectivity index (χ3v) is 3.43. The number of nitrogens with one attached hydrogen (secondary N) is 1. The fourth-order valence-corrected chi connectivity index (χ4v) is 2.09. The van der Waals surface area contributed by atoms with Crippen molar-refractivity contribution in [2.75, 3.05) is 6.61 Å². The molecule has 5 nitrogen and oxygen atoms in total.